The minimum absolute atomic E-state index is 0.114. The molecule has 1 heterocycles. The largest absolute Gasteiger partial charge is 0.495 e. The molecule has 0 saturated carbocycles. The van der Waals surface area contributed by atoms with E-state index in [1.807, 2.05) is 38.4 Å². The van der Waals surface area contributed by atoms with Crippen LogP contribution in [0.4, 0.5) is 5.69 Å². The molecule has 0 atom stereocenters. The second-order valence-electron chi connectivity index (χ2n) is 7.99. The van der Waals surface area contributed by atoms with E-state index in [2.05, 4.69) is 15.1 Å². The molecule has 28 heavy (non-hydrogen) atoms. The molecule has 1 aromatic carbocycles. The molecular weight excluding hydrogens is 356 g/mol. The number of amides is 2. The third kappa shape index (κ3) is 5.38. The lowest BCUT2D eigenvalue weighted by molar-refractivity contribution is -0.148. The highest BCUT2D eigenvalue weighted by molar-refractivity contribution is 6.04. The summed E-state index contributed by atoms with van der Waals surface area (Å²) in [5.74, 6) is 0.514. The normalized spacial score (nSPS) is 14.9. The number of piperazine rings is 1. The van der Waals surface area contributed by atoms with Crippen LogP contribution in [-0.2, 0) is 9.59 Å². The van der Waals surface area contributed by atoms with Crippen LogP contribution in [0.2, 0.25) is 0 Å². The molecule has 1 fully saturated rings. The van der Waals surface area contributed by atoms with E-state index in [0.717, 1.165) is 24.4 Å². The Morgan fingerprint density at radius 1 is 1.14 bits per heavy atom. The van der Waals surface area contributed by atoms with Gasteiger partial charge in [-0.05, 0) is 53.0 Å². The molecule has 2 rings (SSSR count). The van der Waals surface area contributed by atoms with Crippen molar-refractivity contribution in [1.82, 2.24) is 15.1 Å². The van der Waals surface area contributed by atoms with Gasteiger partial charge in [0.05, 0.1) is 12.8 Å². The van der Waals surface area contributed by atoms with Gasteiger partial charge in [-0.3, -0.25) is 9.59 Å². The van der Waals surface area contributed by atoms with Crippen LogP contribution in [0.5, 0.6) is 5.75 Å². The summed E-state index contributed by atoms with van der Waals surface area (Å²) in [6.45, 7) is 7.52. The first-order valence-electron chi connectivity index (χ1n) is 9.87. The maximum absolute atomic E-state index is 13.0. The monoisotopic (exact) mass is 390 g/mol. The van der Waals surface area contributed by atoms with Crippen LogP contribution in [0, 0.1) is 5.41 Å². The molecule has 7 nitrogen and oxygen atoms in total. The zero-order chi connectivity index (χ0) is 20.7. The lowest BCUT2D eigenvalue weighted by Gasteiger charge is -2.39. The van der Waals surface area contributed by atoms with Gasteiger partial charge in [0.15, 0.2) is 0 Å². The lowest BCUT2D eigenvalue weighted by atomic mass is 9.90. The van der Waals surface area contributed by atoms with Gasteiger partial charge in [0.25, 0.3) is 0 Å². The molecule has 1 aliphatic rings. The van der Waals surface area contributed by atoms with Crippen LogP contribution in [0.25, 0.3) is 0 Å². The fourth-order valence-corrected chi connectivity index (χ4v) is 3.35. The van der Waals surface area contributed by atoms with E-state index in [1.165, 1.54) is 0 Å². The molecule has 7 heteroatoms. The molecule has 1 N–H and O–H groups in total. The van der Waals surface area contributed by atoms with Crippen LogP contribution in [0.1, 0.15) is 20.3 Å². The molecule has 0 spiro atoms. The highest BCUT2D eigenvalue weighted by atomic mass is 16.5. The number of hydrogen-bond acceptors (Lipinski definition) is 5. The Morgan fingerprint density at radius 2 is 1.79 bits per heavy atom. The van der Waals surface area contributed by atoms with E-state index >= 15 is 0 Å². The summed E-state index contributed by atoms with van der Waals surface area (Å²) in [5.41, 5.74) is -0.0277. The Morgan fingerprint density at radius 3 is 2.39 bits per heavy atom. The van der Waals surface area contributed by atoms with Crippen LogP contribution in [0.3, 0.4) is 0 Å². The Bertz CT molecular complexity index is 667. The number of nitrogens with one attached hydrogen (secondary N) is 1. The third-order valence-corrected chi connectivity index (χ3v) is 5.16. The van der Waals surface area contributed by atoms with Crippen molar-refractivity contribution in [1.29, 1.82) is 0 Å². The molecule has 1 saturated heterocycles. The molecule has 0 bridgehead atoms. The van der Waals surface area contributed by atoms with Crippen molar-refractivity contribution in [3.05, 3.63) is 24.3 Å². The highest BCUT2D eigenvalue weighted by Crippen LogP contribution is 2.29. The van der Waals surface area contributed by atoms with Gasteiger partial charge in [-0.2, -0.15) is 0 Å². The molecular formula is C21H34N4O3. The fourth-order valence-electron chi connectivity index (χ4n) is 3.35. The quantitative estimate of drug-likeness (QED) is 0.538. The SMILES string of the molecule is COc1ccccc1N1CCN(C(=O)C(C)(C)C(=O)NCCCN(C)C)CC1. The Labute approximate surface area is 168 Å². The number of carbonyl (C=O) groups excluding carboxylic acids is 2. The standard InChI is InChI=1S/C21H34N4O3/c1-21(2,19(26)22-11-8-12-23(3)4)20(27)25-15-13-24(14-16-25)17-9-6-7-10-18(17)28-5/h6-7,9-10H,8,11-16H2,1-5H3,(H,22,26). The van der Waals surface area contributed by atoms with Crippen molar-refractivity contribution in [3.8, 4) is 5.75 Å². The van der Waals surface area contributed by atoms with Crippen molar-refractivity contribution >= 4 is 17.5 Å². The Hall–Kier alpha value is -2.28. The van der Waals surface area contributed by atoms with Crippen molar-refractivity contribution in [2.75, 3.05) is 65.4 Å². The second-order valence-corrected chi connectivity index (χ2v) is 7.99. The minimum atomic E-state index is -1.06. The summed E-state index contributed by atoms with van der Waals surface area (Å²) in [5, 5.41) is 2.91. The van der Waals surface area contributed by atoms with E-state index in [1.54, 1.807) is 25.9 Å². The average Bonchev–Trinajstić information content (AvgIpc) is 2.70. The minimum Gasteiger partial charge on any atom is -0.495 e. The molecule has 1 aliphatic heterocycles. The maximum atomic E-state index is 13.0. The molecule has 1 aromatic rings. The molecule has 0 aliphatic carbocycles. The predicted molar refractivity (Wildman–Crippen MR) is 112 cm³/mol. The summed E-state index contributed by atoms with van der Waals surface area (Å²) in [6, 6.07) is 7.90. The summed E-state index contributed by atoms with van der Waals surface area (Å²) in [4.78, 5) is 31.6. The van der Waals surface area contributed by atoms with Crippen molar-refractivity contribution in [2.45, 2.75) is 20.3 Å². The van der Waals surface area contributed by atoms with Gasteiger partial charge < -0.3 is 24.8 Å². The maximum Gasteiger partial charge on any atom is 0.237 e. The third-order valence-electron chi connectivity index (χ3n) is 5.16. The number of para-hydroxylation sites is 2. The van der Waals surface area contributed by atoms with Crippen LogP contribution in [-0.4, -0.2) is 82.1 Å². The molecule has 0 aromatic heterocycles. The number of ether oxygens (including phenoxy) is 1. The van der Waals surface area contributed by atoms with Gasteiger partial charge in [0.1, 0.15) is 11.2 Å². The first kappa shape index (κ1) is 22.0. The molecule has 2 amide bonds. The van der Waals surface area contributed by atoms with Gasteiger partial charge in [-0.15, -0.1) is 0 Å². The number of nitrogens with zero attached hydrogens (tertiary/aromatic N) is 3. The summed E-state index contributed by atoms with van der Waals surface area (Å²) in [7, 11) is 5.66. The van der Waals surface area contributed by atoms with E-state index < -0.39 is 5.41 Å². The van der Waals surface area contributed by atoms with Gasteiger partial charge in [0.2, 0.25) is 11.8 Å². The van der Waals surface area contributed by atoms with Crippen LogP contribution >= 0.6 is 0 Å². The van der Waals surface area contributed by atoms with E-state index in [-0.39, 0.29) is 11.8 Å². The highest BCUT2D eigenvalue weighted by Gasteiger charge is 2.39. The molecule has 0 radical (unpaired) electrons. The van der Waals surface area contributed by atoms with Crippen molar-refractivity contribution < 1.29 is 14.3 Å². The number of benzene rings is 1. The summed E-state index contributed by atoms with van der Waals surface area (Å²) in [6.07, 6.45) is 0.862. The van der Waals surface area contributed by atoms with E-state index in [0.29, 0.717) is 32.7 Å². The zero-order valence-electron chi connectivity index (χ0n) is 17.8. The average molecular weight is 391 g/mol. The second kappa shape index (κ2) is 9.78. The van der Waals surface area contributed by atoms with Crippen LogP contribution in [0.15, 0.2) is 24.3 Å². The summed E-state index contributed by atoms with van der Waals surface area (Å²) < 4.78 is 5.44. The van der Waals surface area contributed by atoms with Crippen LogP contribution < -0.4 is 15.0 Å². The predicted octanol–water partition coefficient (Wildman–Crippen LogP) is 1.44. The van der Waals surface area contributed by atoms with E-state index in [9.17, 15) is 9.59 Å². The number of anilines is 1. The lowest BCUT2D eigenvalue weighted by Crippen LogP contribution is -2.55. The smallest absolute Gasteiger partial charge is 0.237 e. The zero-order valence-corrected chi connectivity index (χ0v) is 17.8. The van der Waals surface area contributed by atoms with Gasteiger partial charge in [0, 0.05) is 32.7 Å². The Kier molecular flexibility index (Phi) is 7.69. The molecule has 0 unspecified atom stereocenters. The van der Waals surface area contributed by atoms with Gasteiger partial charge >= 0.3 is 0 Å². The molecule has 156 valence electrons. The topological polar surface area (TPSA) is 65.1 Å². The van der Waals surface area contributed by atoms with Crippen molar-refractivity contribution in [3.63, 3.8) is 0 Å². The number of carbonyl (C=O) groups is 2. The van der Waals surface area contributed by atoms with Gasteiger partial charge in [-0.25, -0.2) is 0 Å². The Balaban J connectivity index is 1.90. The number of hydrogen-bond donors (Lipinski definition) is 1. The number of rotatable bonds is 8. The first-order chi connectivity index (χ1) is 13.3. The van der Waals surface area contributed by atoms with E-state index in [4.69, 9.17) is 4.74 Å². The number of methoxy groups -OCH3 is 1. The van der Waals surface area contributed by atoms with Crippen molar-refractivity contribution in [2.24, 2.45) is 5.41 Å². The summed E-state index contributed by atoms with van der Waals surface area (Å²) >= 11 is 0. The van der Waals surface area contributed by atoms with Gasteiger partial charge in [-0.1, -0.05) is 12.1 Å². The first-order valence-corrected chi connectivity index (χ1v) is 9.87. The fraction of sp³-hybridized carbons (Fsp3) is 0.619.